The van der Waals surface area contributed by atoms with E-state index in [1.165, 1.54) is 7.11 Å². The van der Waals surface area contributed by atoms with Crippen LogP contribution in [0.15, 0.2) is 18.2 Å². The fourth-order valence-corrected chi connectivity index (χ4v) is 1.71. The minimum Gasteiger partial charge on any atom is -0.493 e. The van der Waals surface area contributed by atoms with Crippen LogP contribution in [-0.2, 0) is 0 Å². The number of benzene rings is 1. The first kappa shape index (κ1) is 13.4. The van der Waals surface area contributed by atoms with E-state index in [0.717, 1.165) is 0 Å². The molecule has 0 saturated heterocycles. The highest BCUT2D eigenvalue weighted by atomic mass is 16.5. The van der Waals surface area contributed by atoms with E-state index < -0.39 is 5.91 Å². The normalized spacial score (nSPS) is 9.80. The number of nitrogens with zero attached hydrogens (tertiary/aromatic N) is 3. The van der Waals surface area contributed by atoms with E-state index in [4.69, 9.17) is 20.5 Å². The van der Waals surface area contributed by atoms with Crippen LogP contribution in [0.25, 0.3) is 11.3 Å². The maximum Gasteiger partial charge on any atom is 0.271 e. The summed E-state index contributed by atoms with van der Waals surface area (Å²) in [4.78, 5) is 11.3. The van der Waals surface area contributed by atoms with Gasteiger partial charge in [-0.15, -0.1) is 0 Å². The molecule has 0 bridgehead atoms. The predicted molar refractivity (Wildman–Crippen MR) is 68.0 cm³/mol. The number of carbonyl (C=O) groups is 1. The zero-order chi connectivity index (χ0) is 14.5. The van der Waals surface area contributed by atoms with Crippen LogP contribution in [0.1, 0.15) is 10.5 Å². The summed E-state index contributed by atoms with van der Waals surface area (Å²) >= 11 is 0. The number of methoxy groups -OCH3 is 1. The van der Waals surface area contributed by atoms with Gasteiger partial charge in [-0.05, 0) is 12.1 Å². The molecule has 0 aliphatic carbocycles. The SMILES string of the molecule is COc1cccc(-c2n[nH]nc2C(N)=O)c1OCC#N. The van der Waals surface area contributed by atoms with Crippen LogP contribution in [0.2, 0.25) is 0 Å². The summed E-state index contributed by atoms with van der Waals surface area (Å²) in [6.45, 7) is -0.170. The molecule has 1 aromatic heterocycles. The third-order valence-corrected chi connectivity index (χ3v) is 2.52. The number of carbonyl (C=O) groups excluding carboxylic acids is 1. The van der Waals surface area contributed by atoms with Crippen LogP contribution in [0, 0.1) is 11.3 Å². The lowest BCUT2D eigenvalue weighted by Crippen LogP contribution is -2.13. The second-order valence-corrected chi connectivity index (χ2v) is 3.67. The first-order chi connectivity index (χ1) is 9.69. The summed E-state index contributed by atoms with van der Waals surface area (Å²) in [6.07, 6.45) is 0. The number of ether oxygens (including phenoxy) is 2. The quantitative estimate of drug-likeness (QED) is 0.815. The van der Waals surface area contributed by atoms with Crippen LogP contribution in [0.5, 0.6) is 11.5 Å². The van der Waals surface area contributed by atoms with Gasteiger partial charge in [0.1, 0.15) is 11.8 Å². The van der Waals surface area contributed by atoms with Crippen molar-refractivity contribution in [2.75, 3.05) is 13.7 Å². The first-order valence-electron chi connectivity index (χ1n) is 5.56. The minimum absolute atomic E-state index is 0.0138. The standard InChI is InChI=1S/C12H11N5O3/c1-19-8-4-2-3-7(11(8)20-6-5-13)9-10(12(14)18)16-17-15-9/h2-4H,6H2,1H3,(H2,14,18)(H,15,16,17). The van der Waals surface area contributed by atoms with Crippen LogP contribution in [0.4, 0.5) is 0 Å². The van der Waals surface area contributed by atoms with Crippen molar-refractivity contribution >= 4 is 5.91 Å². The van der Waals surface area contributed by atoms with Crippen LogP contribution >= 0.6 is 0 Å². The van der Waals surface area contributed by atoms with Gasteiger partial charge in [-0.3, -0.25) is 4.79 Å². The maximum atomic E-state index is 11.3. The summed E-state index contributed by atoms with van der Waals surface area (Å²) in [5.41, 5.74) is 5.92. The minimum atomic E-state index is -0.720. The average Bonchev–Trinajstić information content (AvgIpc) is 2.94. The first-order valence-corrected chi connectivity index (χ1v) is 5.56. The summed E-state index contributed by atoms with van der Waals surface area (Å²) in [5.74, 6) is -0.00748. The molecule has 0 aliphatic rings. The number of aromatic nitrogens is 3. The van der Waals surface area contributed by atoms with E-state index in [1.54, 1.807) is 18.2 Å². The molecule has 1 amide bonds. The number of hydrogen-bond donors (Lipinski definition) is 2. The van der Waals surface area contributed by atoms with E-state index in [0.29, 0.717) is 17.1 Å². The number of rotatable bonds is 5. The summed E-state index contributed by atoms with van der Waals surface area (Å²) in [5, 5.41) is 18.6. The Balaban J connectivity index is 2.58. The number of nitriles is 1. The molecule has 2 aromatic rings. The summed E-state index contributed by atoms with van der Waals surface area (Å²) in [6, 6.07) is 6.90. The molecule has 8 nitrogen and oxygen atoms in total. The van der Waals surface area contributed by atoms with Gasteiger partial charge >= 0.3 is 0 Å². The monoisotopic (exact) mass is 273 g/mol. The Labute approximate surface area is 114 Å². The largest absolute Gasteiger partial charge is 0.493 e. The lowest BCUT2D eigenvalue weighted by atomic mass is 10.1. The highest BCUT2D eigenvalue weighted by Gasteiger charge is 2.21. The number of primary amides is 1. The summed E-state index contributed by atoms with van der Waals surface area (Å²) < 4.78 is 10.5. The fraction of sp³-hybridized carbons (Fsp3) is 0.167. The second-order valence-electron chi connectivity index (χ2n) is 3.67. The lowest BCUT2D eigenvalue weighted by Gasteiger charge is -2.12. The third kappa shape index (κ3) is 2.37. The highest BCUT2D eigenvalue weighted by molar-refractivity contribution is 5.97. The Hall–Kier alpha value is -3.08. The van der Waals surface area contributed by atoms with Gasteiger partial charge in [-0.1, -0.05) is 6.07 Å². The number of H-pyrrole nitrogens is 1. The van der Waals surface area contributed by atoms with Gasteiger partial charge in [-0.2, -0.15) is 20.7 Å². The molecule has 20 heavy (non-hydrogen) atoms. The van der Waals surface area contributed by atoms with Gasteiger partial charge in [0.05, 0.1) is 12.7 Å². The molecule has 0 aliphatic heterocycles. The van der Waals surface area contributed by atoms with E-state index >= 15 is 0 Å². The molecule has 1 heterocycles. The van der Waals surface area contributed by atoms with Crippen molar-refractivity contribution < 1.29 is 14.3 Å². The van der Waals surface area contributed by atoms with Crippen molar-refractivity contribution in [3.8, 4) is 28.8 Å². The van der Waals surface area contributed by atoms with Crippen molar-refractivity contribution in [2.45, 2.75) is 0 Å². The van der Waals surface area contributed by atoms with Gasteiger partial charge in [0.15, 0.2) is 23.8 Å². The van der Waals surface area contributed by atoms with Gasteiger partial charge in [0.2, 0.25) is 0 Å². The maximum absolute atomic E-state index is 11.3. The molecular formula is C12H11N5O3. The van der Waals surface area contributed by atoms with Crippen molar-refractivity contribution in [3.05, 3.63) is 23.9 Å². The zero-order valence-electron chi connectivity index (χ0n) is 10.6. The molecule has 8 heteroatoms. The molecule has 0 spiro atoms. The molecule has 0 fully saturated rings. The average molecular weight is 273 g/mol. The number of para-hydroxylation sites is 1. The Morgan fingerprint density at radius 1 is 1.50 bits per heavy atom. The Morgan fingerprint density at radius 3 is 2.95 bits per heavy atom. The van der Waals surface area contributed by atoms with Crippen LogP contribution in [0.3, 0.4) is 0 Å². The molecule has 102 valence electrons. The van der Waals surface area contributed by atoms with Crippen molar-refractivity contribution in [1.29, 1.82) is 5.26 Å². The topological polar surface area (TPSA) is 127 Å². The van der Waals surface area contributed by atoms with E-state index in [1.807, 2.05) is 6.07 Å². The summed E-state index contributed by atoms with van der Waals surface area (Å²) in [7, 11) is 1.47. The molecule has 0 atom stereocenters. The second kappa shape index (κ2) is 5.71. The number of amides is 1. The molecule has 0 unspecified atom stereocenters. The highest BCUT2D eigenvalue weighted by Crippen LogP contribution is 2.37. The van der Waals surface area contributed by atoms with Crippen molar-refractivity contribution in [2.24, 2.45) is 5.73 Å². The van der Waals surface area contributed by atoms with Gasteiger partial charge in [0.25, 0.3) is 5.91 Å². The van der Waals surface area contributed by atoms with Gasteiger partial charge in [0, 0.05) is 0 Å². The molecule has 1 aromatic carbocycles. The van der Waals surface area contributed by atoms with E-state index in [9.17, 15) is 4.79 Å². The molecular weight excluding hydrogens is 262 g/mol. The number of aromatic amines is 1. The van der Waals surface area contributed by atoms with E-state index in [-0.39, 0.29) is 18.0 Å². The van der Waals surface area contributed by atoms with Crippen molar-refractivity contribution in [3.63, 3.8) is 0 Å². The molecule has 2 rings (SSSR count). The Morgan fingerprint density at radius 2 is 2.30 bits per heavy atom. The smallest absolute Gasteiger partial charge is 0.271 e. The number of hydrogen-bond acceptors (Lipinski definition) is 6. The predicted octanol–water partition coefficient (Wildman–Crippen LogP) is 0.482. The lowest BCUT2D eigenvalue weighted by molar-refractivity contribution is 0.0996. The van der Waals surface area contributed by atoms with E-state index in [2.05, 4.69) is 15.4 Å². The fourth-order valence-electron chi connectivity index (χ4n) is 1.71. The van der Waals surface area contributed by atoms with Crippen LogP contribution in [-0.4, -0.2) is 35.0 Å². The molecule has 3 N–H and O–H groups in total. The Bertz CT molecular complexity index is 674. The molecule has 0 saturated carbocycles. The molecule has 0 radical (unpaired) electrons. The number of nitrogens with one attached hydrogen (secondary N) is 1. The van der Waals surface area contributed by atoms with Crippen LogP contribution < -0.4 is 15.2 Å². The van der Waals surface area contributed by atoms with Crippen molar-refractivity contribution in [1.82, 2.24) is 15.4 Å². The van der Waals surface area contributed by atoms with Gasteiger partial charge in [-0.25, -0.2) is 0 Å². The third-order valence-electron chi connectivity index (χ3n) is 2.52. The van der Waals surface area contributed by atoms with Gasteiger partial charge < -0.3 is 15.2 Å². The Kier molecular flexibility index (Phi) is 3.81. The number of nitrogens with two attached hydrogens (primary N) is 1. The zero-order valence-corrected chi connectivity index (χ0v) is 10.6.